The number of pyridine rings is 1. The van der Waals surface area contributed by atoms with Crippen molar-refractivity contribution in [2.45, 2.75) is 0 Å². The fourth-order valence-electron chi connectivity index (χ4n) is 5.27. The van der Waals surface area contributed by atoms with E-state index in [0.29, 0.717) is 12.1 Å². The number of rotatable bonds is 2. The predicted octanol–water partition coefficient (Wildman–Crippen LogP) is 7.48. The maximum Gasteiger partial charge on any atom is 0.270 e. The summed E-state index contributed by atoms with van der Waals surface area (Å²) in [5, 5.41) is 39.7. The van der Waals surface area contributed by atoms with Crippen molar-refractivity contribution in [2.75, 3.05) is 0 Å². The van der Waals surface area contributed by atoms with Crippen molar-refractivity contribution in [3.05, 3.63) is 150 Å². The quantitative estimate of drug-likeness (QED) is 0.175. The highest BCUT2D eigenvalue weighted by Gasteiger charge is 2.38. The van der Waals surface area contributed by atoms with Crippen molar-refractivity contribution in [2.24, 2.45) is 0 Å². The molecule has 2 aliphatic carbocycles. The summed E-state index contributed by atoms with van der Waals surface area (Å²) in [4.78, 5) is 16.4. The average Bonchev–Trinajstić information content (AvgIpc) is 3.53. The Balaban J connectivity index is 1.98. The van der Waals surface area contributed by atoms with Crippen LogP contribution in [0.4, 0.5) is 18.9 Å². The standard InChI is InChI=1S/C33H6F3N9/c1-41-25-9-23(34)21(7-24(25)35)32-31(27(13-40)43-3)19-6-18-17(5-20(19)33(32)44-4)22(11-38)29(30(18)26(12-39)42-2)16-8-28(36)45-14-15(16)10-37/h5-9,14H/b30-26+,31-27-. The van der Waals surface area contributed by atoms with Gasteiger partial charge in [0.15, 0.2) is 0 Å². The molecule has 0 fully saturated rings. The summed E-state index contributed by atoms with van der Waals surface area (Å²) in [6, 6.07) is 12.0. The molecule has 1 aromatic heterocycles. The monoisotopic (exact) mass is 585 g/mol. The number of hydrogen-bond donors (Lipinski definition) is 0. The van der Waals surface area contributed by atoms with E-state index < -0.39 is 40.2 Å². The lowest BCUT2D eigenvalue weighted by atomic mass is 9.90. The van der Waals surface area contributed by atoms with Crippen LogP contribution in [0, 0.1) is 89.2 Å². The maximum atomic E-state index is 15.4. The summed E-state index contributed by atoms with van der Waals surface area (Å²) in [6.45, 7) is 30.3. The van der Waals surface area contributed by atoms with E-state index in [1.165, 1.54) is 12.1 Å². The van der Waals surface area contributed by atoms with Crippen LogP contribution in [0.5, 0.6) is 0 Å². The number of nitriles is 4. The van der Waals surface area contributed by atoms with E-state index >= 15 is 4.39 Å². The Kier molecular flexibility index (Phi) is 6.98. The summed E-state index contributed by atoms with van der Waals surface area (Å²) in [5.41, 5.74) is -3.91. The van der Waals surface area contributed by atoms with Gasteiger partial charge in [0.1, 0.15) is 23.8 Å². The van der Waals surface area contributed by atoms with E-state index in [-0.39, 0.29) is 66.9 Å². The molecule has 0 saturated heterocycles. The number of nitrogens with zero attached hydrogens (tertiary/aromatic N) is 9. The van der Waals surface area contributed by atoms with Gasteiger partial charge in [-0.15, -0.1) is 0 Å². The van der Waals surface area contributed by atoms with Crippen LogP contribution in [0.1, 0.15) is 38.9 Å². The Hall–Kier alpha value is -7.74. The van der Waals surface area contributed by atoms with Crippen LogP contribution < -0.4 is 0 Å². The van der Waals surface area contributed by atoms with Gasteiger partial charge in [0.2, 0.25) is 17.3 Å². The van der Waals surface area contributed by atoms with Crippen molar-refractivity contribution in [3.63, 3.8) is 0 Å². The van der Waals surface area contributed by atoms with E-state index in [9.17, 15) is 29.8 Å². The van der Waals surface area contributed by atoms with Crippen LogP contribution in [0.3, 0.4) is 0 Å². The average molecular weight is 585 g/mol. The lowest BCUT2D eigenvalue weighted by Gasteiger charge is -2.13. The van der Waals surface area contributed by atoms with E-state index in [2.05, 4.69) is 24.4 Å². The van der Waals surface area contributed by atoms with Gasteiger partial charge in [-0.3, -0.25) is 0 Å². The van der Waals surface area contributed by atoms with Crippen LogP contribution in [-0.2, 0) is 0 Å². The number of benzene rings is 2. The highest BCUT2D eigenvalue weighted by molar-refractivity contribution is 6.29. The first kappa shape index (κ1) is 28.8. The zero-order valence-electron chi connectivity index (χ0n) is 22.1. The summed E-state index contributed by atoms with van der Waals surface area (Å²) in [5.74, 6) is -3.24. The largest absolute Gasteiger partial charge is 0.270 e. The van der Waals surface area contributed by atoms with Gasteiger partial charge in [-0.1, -0.05) is 6.07 Å². The molecule has 1 heterocycles. The molecule has 5 rings (SSSR count). The van der Waals surface area contributed by atoms with Crippen LogP contribution >= 0.6 is 0 Å². The number of allylic oxidation sites excluding steroid dienone is 7. The third-order valence-corrected chi connectivity index (χ3v) is 7.03. The fourth-order valence-corrected chi connectivity index (χ4v) is 5.27. The highest BCUT2D eigenvalue weighted by atomic mass is 19.1. The fraction of sp³-hybridized carbons (Fsp3) is 0. The lowest BCUT2D eigenvalue weighted by molar-refractivity contribution is 0.583. The van der Waals surface area contributed by atoms with Gasteiger partial charge in [-0.05, 0) is 57.2 Å². The van der Waals surface area contributed by atoms with Gasteiger partial charge >= 0.3 is 0 Å². The first-order valence-corrected chi connectivity index (χ1v) is 12.2. The van der Waals surface area contributed by atoms with Gasteiger partial charge in [0.25, 0.3) is 11.4 Å². The molecule has 2 aliphatic rings. The molecule has 0 unspecified atom stereocenters. The minimum atomic E-state index is -1.12. The number of hydrogen-bond acceptors (Lipinski definition) is 5. The number of halogens is 3. The Labute approximate surface area is 252 Å². The Morgan fingerprint density at radius 1 is 0.644 bits per heavy atom. The van der Waals surface area contributed by atoms with Crippen molar-refractivity contribution in [3.8, 4) is 24.3 Å². The molecule has 0 N–H and O–H groups in total. The van der Waals surface area contributed by atoms with Crippen LogP contribution in [-0.4, -0.2) is 4.98 Å². The molecule has 12 heteroatoms. The molecular weight excluding hydrogens is 579 g/mol. The minimum Gasteiger partial charge on any atom is -0.237 e. The molecule has 0 atom stereocenters. The third kappa shape index (κ3) is 4.15. The zero-order chi connectivity index (χ0) is 32.6. The van der Waals surface area contributed by atoms with Crippen molar-refractivity contribution >= 4 is 39.2 Å². The lowest BCUT2D eigenvalue weighted by Crippen LogP contribution is -1.97. The van der Waals surface area contributed by atoms with Crippen molar-refractivity contribution in [1.82, 2.24) is 4.98 Å². The van der Waals surface area contributed by atoms with Crippen LogP contribution in [0.25, 0.3) is 52.9 Å². The van der Waals surface area contributed by atoms with Crippen molar-refractivity contribution in [1.29, 1.82) is 21.0 Å². The third-order valence-electron chi connectivity index (χ3n) is 7.03. The SMILES string of the molecule is [C-]#[N+]C1=C(c2cc(F)c([N+]#[C-])cc2F)/C(=C(/C#N)[N+]#[C-])c2cc3c(cc21)C(C#N)=C(c1cc(F)ncc1C#N)/C3=C(\C#N)[N+]#[C-]. The van der Waals surface area contributed by atoms with E-state index in [1.807, 2.05) is 12.1 Å². The molecule has 9 nitrogen and oxygen atoms in total. The number of fused-ring (bicyclic) bond motifs is 2. The summed E-state index contributed by atoms with van der Waals surface area (Å²) in [6.07, 6.45) is 0.923. The smallest absolute Gasteiger partial charge is 0.237 e. The zero-order valence-corrected chi connectivity index (χ0v) is 22.1. The molecule has 204 valence electrons. The predicted molar refractivity (Wildman–Crippen MR) is 152 cm³/mol. The maximum absolute atomic E-state index is 15.4. The molecule has 3 aromatic rings. The van der Waals surface area contributed by atoms with Gasteiger partial charge < -0.3 is 0 Å². The molecule has 45 heavy (non-hydrogen) atoms. The molecule has 0 spiro atoms. The van der Waals surface area contributed by atoms with Gasteiger partial charge in [-0.2, -0.15) is 14.9 Å². The van der Waals surface area contributed by atoms with E-state index in [1.54, 1.807) is 12.1 Å². The second kappa shape index (κ2) is 10.9. The molecule has 0 radical (unpaired) electrons. The van der Waals surface area contributed by atoms with Gasteiger partial charge in [0.05, 0.1) is 49.6 Å². The number of aromatic nitrogens is 1. The molecule has 0 bridgehead atoms. The topological polar surface area (TPSA) is 125 Å². The normalized spacial score (nSPS) is 14.7. The Bertz CT molecular complexity index is 2410. The molecule has 0 aliphatic heterocycles. The highest BCUT2D eigenvalue weighted by Crippen LogP contribution is 2.55. The summed E-state index contributed by atoms with van der Waals surface area (Å²) in [7, 11) is 0. The van der Waals surface area contributed by atoms with Gasteiger partial charge in [0, 0.05) is 29.0 Å². The van der Waals surface area contributed by atoms with Crippen LogP contribution in [0.2, 0.25) is 0 Å². The second-order valence-electron chi connectivity index (χ2n) is 9.09. The van der Waals surface area contributed by atoms with Crippen LogP contribution in [0.15, 0.2) is 47.9 Å². The summed E-state index contributed by atoms with van der Waals surface area (Å²) < 4.78 is 44.5. The molecular formula is C33H6F3N9. The molecule has 2 aromatic carbocycles. The van der Waals surface area contributed by atoms with E-state index in [4.69, 9.17) is 26.3 Å². The first-order valence-electron chi connectivity index (χ1n) is 12.2. The minimum absolute atomic E-state index is 0.00362. The Morgan fingerprint density at radius 2 is 1.27 bits per heavy atom. The molecule has 0 amide bonds. The second-order valence-corrected chi connectivity index (χ2v) is 9.09. The summed E-state index contributed by atoms with van der Waals surface area (Å²) >= 11 is 0. The first-order chi connectivity index (χ1) is 21.7. The van der Waals surface area contributed by atoms with Crippen molar-refractivity contribution < 1.29 is 13.2 Å². The Morgan fingerprint density at radius 3 is 1.82 bits per heavy atom. The van der Waals surface area contributed by atoms with Gasteiger partial charge in [-0.25, -0.2) is 43.7 Å². The van der Waals surface area contributed by atoms with E-state index in [0.717, 1.165) is 12.3 Å². The molecule has 0 saturated carbocycles.